The fourth-order valence-corrected chi connectivity index (χ4v) is 2.16. The highest BCUT2D eigenvalue weighted by atomic mass is 32.2. The van der Waals surface area contributed by atoms with E-state index in [-0.39, 0.29) is 19.5 Å². The molecule has 0 spiro atoms. The second kappa shape index (κ2) is 11.0. The molecule has 0 bridgehead atoms. The van der Waals surface area contributed by atoms with Crippen LogP contribution in [0.4, 0.5) is 0 Å². The lowest BCUT2D eigenvalue weighted by Gasteiger charge is -2.17. The monoisotopic (exact) mass is 312 g/mol. The van der Waals surface area contributed by atoms with Crippen molar-refractivity contribution in [3.05, 3.63) is 0 Å². The van der Waals surface area contributed by atoms with Gasteiger partial charge in [0, 0.05) is 33.9 Å². The Kier molecular flexibility index (Phi) is 10.6. The average Bonchev–Trinajstić information content (AvgIpc) is 2.43. The molecule has 0 aromatic carbocycles. The Bertz CT molecular complexity index is 360. The Balaban J connectivity index is 3.80. The molecule has 0 saturated heterocycles. The van der Waals surface area contributed by atoms with Gasteiger partial charge in [-0.3, -0.25) is 4.79 Å². The molecule has 0 heterocycles. The lowest BCUT2D eigenvalue weighted by Crippen LogP contribution is -2.39. The number of methoxy groups -OCH3 is 2. The zero-order valence-corrected chi connectivity index (χ0v) is 13.1. The fraction of sp³-hybridized carbons (Fsp3) is 0.909. The predicted octanol–water partition coefficient (Wildman–Crippen LogP) is -0.631. The zero-order chi connectivity index (χ0) is 15.4. The molecule has 8 nitrogen and oxygen atoms in total. The zero-order valence-electron chi connectivity index (χ0n) is 12.3. The van der Waals surface area contributed by atoms with Gasteiger partial charge in [-0.15, -0.1) is 0 Å². The van der Waals surface area contributed by atoms with Gasteiger partial charge >= 0.3 is 5.97 Å². The van der Waals surface area contributed by atoms with Crippen molar-refractivity contribution in [1.82, 2.24) is 9.03 Å². The number of hydrogen-bond donors (Lipinski definition) is 1. The van der Waals surface area contributed by atoms with Crippen LogP contribution in [0.25, 0.3) is 0 Å². The Morgan fingerprint density at radius 2 is 1.90 bits per heavy atom. The van der Waals surface area contributed by atoms with E-state index < -0.39 is 16.2 Å². The summed E-state index contributed by atoms with van der Waals surface area (Å²) < 4.78 is 41.5. The highest BCUT2D eigenvalue weighted by Gasteiger charge is 2.17. The van der Waals surface area contributed by atoms with Gasteiger partial charge in [-0.1, -0.05) is 0 Å². The van der Waals surface area contributed by atoms with Crippen molar-refractivity contribution in [3.8, 4) is 0 Å². The maximum atomic E-state index is 11.8. The quantitative estimate of drug-likeness (QED) is 0.381. The van der Waals surface area contributed by atoms with E-state index in [9.17, 15) is 13.2 Å². The van der Waals surface area contributed by atoms with Crippen LogP contribution in [-0.4, -0.2) is 72.9 Å². The van der Waals surface area contributed by atoms with E-state index in [0.29, 0.717) is 26.2 Å². The van der Waals surface area contributed by atoms with Crippen molar-refractivity contribution >= 4 is 16.2 Å². The predicted molar refractivity (Wildman–Crippen MR) is 73.5 cm³/mol. The number of carbonyl (C=O) groups is 1. The number of esters is 1. The van der Waals surface area contributed by atoms with Crippen molar-refractivity contribution < 1.29 is 27.4 Å². The average molecular weight is 312 g/mol. The van der Waals surface area contributed by atoms with E-state index in [4.69, 9.17) is 9.47 Å². The lowest BCUT2D eigenvalue weighted by atomic mass is 10.4. The highest BCUT2D eigenvalue weighted by Crippen LogP contribution is 1.97. The third-order valence-electron chi connectivity index (χ3n) is 2.45. The Morgan fingerprint density at radius 3 is 2.50 bits per heavy atom. The molecule has 0 aliphatic heterocycles. The third kappa shape index (κ3) is 9.21. The summed E-state index contributed by atoms with van der Waals surface area (Å²) in [5.74, 6) is -0.446. The van der Waals surface area contributed by atoms with Crippen molar-refractivity contribution in [2.45, 2.75) is 12.8 Å². The van der Waals surface area contributed by atoms with Crippen LogP contribution in [0.5, 0.6) is 0 Å². The molecule has 0 aliphatic carbocycles. The Morgan fingerprint density at radius 1 is 1.20 bits per heavy atom. The first-order valence-electron chi connectivity index (χ1n) is 6.28. The smallest absolute Gasteiger partial charge is 0.306 e. The van der Waals surface area contributed by atoms with Crippen molar-refractivity contribution in [2.75, 3.05) is 54.2 Å². The van der Waals surface area contributed by atoms with Crippen LogP contribution in [0, 0.1) is 0 Å². The van der Waals surface area contributed by atoms with E-state index in [1.165, 1.54) is 14.2 Å². The van der Waals surface area contributed by atoms with Gasteiger partial charge in [0.2, 0.25) is 0 Å². The molecular weight excluding hydrogens is 288 g/mol. The molecule has 0 saturated carbocycles. The van der Waals surface area contributed by atoms with Gasteiger partial charge in [0.25, 0.3) is 10.2 Å². The lowest BCUT2D eigenvalue weighted by molar-refractivity contribution is -0.140. The summed E-state index contributed by atoms with van der Waals surface area (Å²) in [6, 6.07) is 0. The minimum Gasteiger partial charge on any atom is -0.469 e. The van der Waals surface area contributed by atoms with Gasteiger partial charge in [-0.25, -0.2) is 4.72 Å². The van der Waals surface area contributed by atoms with Crippen LogP contribution in [0.1, 0.15) is 12.8 Å². The number of rotatable bonds is 12. The van der Waals surface area contributed by atoms with Crippen LogP contribution in [0.15, 0.2) is 0 Å². The molecule has 0 unspecified atom stereocenters. The third-order valence-corrected chi connectivity index (χ3v) is 4.02. The summed E-state index contributed by atoms with van der Waals surface area (Å²) in [6.45, 7) is 1.81. The maximum absolute atomic E-state index is 11.8. The first kappa shape index (κ1) is 19.3. The number of nitrogens with one attached hydrogen (secondary N) is 1. The largest absolute Gasteiger partial charge is 0.469 e. The SMILES string of the molecule is COCCOCCCNS(=O)(=O)N(C)CCC(=O)OC. The second-order valence-corrected chi connectivity index (χ2v) is 5.87. The van der Waals surface area contributed by atoms with Gasteiger partial charge in [0.15, 0.2) is 0 Å². The molecular formula is C11H24N2O6S. The Labute approximate surface area is 120 Å². The minimum atomic E-state index is -3.57. The topological polar surface area (TPSA) is 94.2 Å². The Hall–Kier alpha value is -0.740. The van der Waals surface area contributed by atoms with E-state index >= 15 is 0 Å². The summed E-state index contributed by atoms with van der Waals surface area (Å²) in [5.41, 5.74) is 0. The molecule has 0 radical (unpaired) electrons. The summed E-state index contributed by atoms with van der Waals surface area (Å²) in [6.07, 6.45) is 0.585. The van der Waals surface area contributed by atoms with Crippen molar-refractivity contribution in [2.24, 2.45) is 0 Å². The van der Waals surface area contributed by atoms with Gasteiger partial charge in [0.05, 0.1) is 26.7 Å². The first-order chi connectivity index (χ1) is 9.44. The van der Waals surface area contributed by atoms with Crippen molar-refractivity contribution in [1.29, 1.82) is 0 Å². The van der Waals surface area contributed by atoms with Gasteiger partial charge in [-0.05, 0) is 6.42 Å². The van der Waals surface area contributed by atoms with Gasteiger partial charge in [-0.2, -0.15) is 12.7 Å². The van der Waals surface area contributed by atoms with Crippen LogP contribution < -0.4 is 4.72 Å². The van der Waals surface area contributed by atoms with Crippen LogP contribution in [0.2, 0.25) is 0 Å². The second-order valence-electron chi connectivity index (χ2n) is 4.01. The molecule has 0 aromatic rings. The maximum Gasteiger partial charge on any atom is 0.306 e. The summed E-state index contributed by atoms with van der Waals surface area (Å²) >= 11 is 0. The van der Waals surface area contributed by atoms with E-state index in [1.54, 1.807) is 7.11 Å². The molecule has 120 valence electrons. The summed E-state index contributed by atoms with van der Waals surface area (Å²) in [5, 5.41) is 0. The van der Waals surface area contributed by atoms with Gasteiger partial charge < -0.3 is 14.2 Å². The van der Waals surface area contributed by atoms with Crippen LogP contribution in [-0.2, 0) is 29.2 Å². The normalized spacial score (nSPS) is 11.8. The minimum absolute atomic E-state index is 0.0219. The molecule has 0 amide bonds. The molecule has 9 heteroatoms. The molecule has 0 aromatic heterocycles. The molecule has 0 fully saturated rings. The number of carbonyl (C=O) groups excluding carboxylic acids is 1. The van der Waals surface area contributed by atoms with Crippen LogP contribution in [0.3, 0.4) is 0 Å². The molecule has 0 atom stereocenters. The van der Waals surface area contributed by atoms with E-state index in [1.807, 2.05) is 0 Å². The van der Waals surface area contributed by atoms with Gasteiger partial charge in [0.1, 0.15) is 0 Å². The summed E-state index contributed by atoms with van der Waals surface area (Å²) in [4.78, 5) is 10.9. The van der Waals surface area contributed by atoms with Crippen LogP contribution >= 0.6 is 0 Å². The highest BCUT2D eigenvalue weighted by molar-refractivity contribution is 7.87. The standard InChI is InChI=1S/C11H24N2O6S/c1-13(7-5-11(14)18-3)20(15,16)12-6-4-8-19-10-9-17-2/h12H,4-10H2,1-3H3. The van der Waals surface area contributed by atoms with E-state index in [0.717, 1.165) is 4.31 Å². The molecule has 1 N–H and O–H groups in total. The number of ether oxygens (including phenoxy) is 3. The molecule has 0 aliphatic rings. The molecule has 20 heavy (non-hydrogen) atoms. The fourth-order valence-electron chi connectivity index (χ4n) is 1.20. The van der Waals surface area contributed by atoms with E-state index in [2.05, 4.69) is 9.46 Å². The van der Waals surface area contributed by atoms with Crippen molar-refractivity contribution in [3.63, 3.8) is 0 Å². The summed E-state index contributed by atoms with van der Waals surface area (Å²) in [7, 11) is 0.684. The number of nitrogens with zero attached hydrogens (tertiary/aromatic N) is 1. The number of hydrogen-bond acceptors (Lipinski definition) is 6. The molecule has 0 rings (SSSR count). The first-order valence-corrected chi connectivity index (χ1v) is 7.72.